The number of hydrogen-bond donors (Lipinski definition) is 0. The Morgan fingerprint density at radius 1 is 0.383 bits per heavy atom. The van der Waals surface area contributed by atoms with Gasteiger partial charge < -0.3 is 37.9 Å². The van der Waals surface area contributed by atoms with Crippen LogP contribution in [0, 0.1) is 0 Å². The third kappa shape index (κ3) is 15.4. The largest absolute Gasteiger partial charge is 0.490 e. The summed E-state index contributed by atoms with van der Waals surface area (Å²) in [6.07, 6.45) is 4.41. The summed E-state index contributed by atoms with van der Waals surface area (Å²) >= 11 is 0. The van der Waals surface area contributed by atoms with E-state index in [9.17, 15) is 19.2 Å². The molecule has 0 atom stereocenters. The molecule has 12 heteroatoms. The molecule has 0 aromatic heterocycles. The van der Waals surface area contributed by atoms with E-state index in [-0.39, 0.29) is 50.8 Å². The van der Waals surface area contributed by atoms with E-state index in [1.165, 1.54) is 0 Å². The van der Waals surface area contributed by atoms with Crippen LogP contribution in [0.5, 0.6) is 23.0 Å². The van der Waals surface area contributed by atoms with Gasteiger partial charge in [0.05, 0.1) is 0 Å². The quantitative estimate of drug-likeness (QED) is 0.0247. The van der Waals surface area contributed by atoms with Crippen LogP contribution < -0.4 is 18.9 Å². The average Bonchev–Trinajstić information content (AvgIpc) is 3.27. The lowest BCUT2D eigenvalue weighted by atomic mass is 9.78. The van der Waals surface area contributed by atoms with Crippen LogP contribution >= 0.6 is 0 Å². The van der Waals surface area contributed by atoms with Crippen molar-refractivity contribution in [1.82, 2.24) is 0 Å². The van der Waals surface area contributed by atoms with Gasteiger partial charge >= 0.3 is 23.9 Å². The van der Waals surface area contributed by atoms with Gasteiger partial charge in [0.1, 0.15) is 49.4 Å². The highest BCUT2D eigenvalue weighted by atomic mass is 16.7. The molecular weight excluding hydrogens is 769 g/mol. The summed E-state index contributed by atoms with van der Waals surface area (Å²) in [6, 6.07) is 30.8. The maximum atomic E-state index is 11.0. The lowest BCUT2D eigenvalue weighted by Gasteiger charge is -2.26. The first-order valence-corrected chi connectivity index (χ1v) is 18.8. The van der Waals surface area contributed by atoms with Crippen LogP contribution in [0.15, 0.2) is 148 Å². The Balaban J connectivity index is 0.000000321. The first kappa shape index (κ1) is 47.3. The third-order valence-corrected chi connectivity index (χ3v) is 9.02. The lowest BCUT2D eigenvalue weighted by Crippen LogP contribution is -2.19. The third-order valence-electron chi connectivity index (χ3n) is 9.02. The summed E-state index contributed by atoms with van der Waals surface area (Å²) in [4.78, 5) is 44.1. The lowest BCUT2D eigenvalue weighted by molar-refractivity contribution is -0.145. The summed E-state index contributed by atoms with van der Waals surface area (Å²) in [5.41, 5.74) is 3.94. The van der Waals surface area contributed by atoms with Crippen LogP contribution in [0.4, 0.5) is 0 Å². The van der Waals surface area contributed by atoms with E-state index < -0.39 is 23.9 Å². The van der Waals surface area contributed by atoms with E-state index in [1.54, 1.807) is 0 Å². The van der Waals surface area contributed by atoms with E-state index in [1.807, 2.05) is 97.1 Å². The molecule has 0 spiro atoms. The monoisotopic (exact) mass is 820 g/mol. The molecule has 0 aliphatic rings. The van der Waals surface area contributed by atoms with Gasteiger partial charge in [0.15, 0.2) is 0 Å². The molecule has 0 amide bonds. The van der Waals surface area contributed by atoms with Gasteiger partial charge in [-0.3, -0.25) is 0 Å². The molecule has 0 bridgehead atoms. The predicted molar refractivity (Wildman–Crippen MR) is 227 cm³/mol. The summed E-state index contributed by atoms with van der Waals surface area (Å²) in [7, 11) is 0. The molecule has 0 N–H and O–H groups in total. The number of esters is 4. The summed E-state index contributed by atoms with van der Waals surface area (Å²) in [6.45, 7) is 22.4. The second kappa shape index (κ2) is 24.0. The second-order valence-corrected chi connectivity index (χ2v) is 13.6. The predicted octanol–water partition coefficient (Wildman–Crippen LogP) is 8.37. The van der Waals surface area contributed by atoms with Crippen LogP contribution in [0.3, 0.4) is 0 Å². The minimum Gasteiger partial charge on any atom is -0.490 e. The molecule has 0 unspecified atom stereocenters. The summed E-state index contributed by atoms with van der Waals surface area (Å²) in [5, 5.41) is 0. The molecular formula is C48H52O12. The Kier molecular flexibility index (Phi) is 18.9. The van der Waals surface area contributed by atoms with Gasteiger partial charge in [-0.1, -0.05) is 103 Å². The van der Waals surface area contributed by atoms with Crippen LogP contribution in [-0.2, 0) is 49.0 Å². The molecule has 4 rings (SSSR count). The number of ether oxygens (including phenoxy) is 8. The van der Waals surface area contributed by atoms with E-state index in [0.717, 1.165) is 46.6 Å². The number of carbonyl (C=O) groups excluding carboxylic acids is 4. The molecule has 12 nitrogen and oxygen atoms in total. The Morgan fingerprint density at radius 3 is 0.867 bits per heavy atom. The van der Waals surface area contributed by atoms with Crippen molar-refractivity contribution in [2.24, 2.45) is 0 Å². The SMILES string of the molecule is C=CC(=O)OCCOc1ccc(C(C)(C)c2ccc(OCCOC(=O)C=C)cc2)cc1.C=CC(=O)OCOc1ccc(C(C)(C)c2ccc(OCOC(=O)C=C)cc2)cc1. The van der Waals surface area contributed by atoms with E-state index in [0.29, 0.717) is 23.0 Å². The van der Waals surface area contributed by atoms with Crippen molar-refractivity contribution in [2.45, 2.75) is 38.5 Å². The molecule has 0 aliphatic carbocycles. The normalized spacial score (nSPS) is 10.6. The molecule has 0 aliphatic heterocycles. The Hall–Kier alpha value is -7.08. The maximum Gasteiger partial charge on any atom is 0.333 e. The summed E-state index contributed by atoms with van der Waals surface area (Å²) < 4.78 is 41.3. The first-order valence-electron chi connectivity index (χ1n) is 18.8. The van der Waals surface area contributed by atoms with Crippen molar-refractivity contribution in [2.75, 3.05) is 40.0 Å². The van der Waals surface area contributed by atoms with Gasteiger partial charge in [0, 0.05) is 35.1 Å². The van der Waals surface area contributed by atoms with Crippen LogP contribution in [-0.4, -0.2) is 63.9 Å². The van der Waals surface area contributed by atoms with Crippen molar-refractivity contribution in [1.29, 1.82) is 0 Å². The van der Waals surface area contributed by atoms with E-state index >= 15 is 0 Å². The average molecular weight is 821 g/mol. The molecule has 0 saturated heterocycles. The van der Waals surface area contributed by atoms with Crippen molar-refractivity contribution < 1.29 is 57.1 Å². The number of rotatable bonds is 22. The summed E-state index contributed by atoms with van der Waals surface area (Å²) in [5.74, 6) is 0.605. The van der Waals surface area contributed by atoms with Gasteiger partial charge in [-0.2, -0.15) is 0 Å². The molecule has 0 fully saturated rings. The minimum atomic E-state index is -0.533. The standard InChI is InChI=1S/C25H28O6.C23H24O6/c1-5-23(26)30-17-15-28-21-11-7-19(8-12-21)25(3,4)20-9-13-22(14-10-20)29-16-18-31-24(27)6-2;1-5-21(24)28-15-26-19-11-7-17(8-12-19)23(3,4)18-9-13-20(14-10-18)27-16-29-22(25)6-2/h5-14H,1-2,15-18H2,3-4H3;5-14H,1-2,15-16H2,3-4H3. The van der Waals surface area contributed by atoms with E-state index in [4.69, 9.17) is 37.9 Å². The van der Waals surface area contributed by atoms with Gasteiger partial charge in [-0.15, -0.1) is 0 Å². The van der Waals surface area contributed by atoms with Crippen LogP contribution in [0.1, 0.15) is 49.9 Å². The Morgan fingerprint density at radius 2 is 0.617 bits per heavy atom. The minimum absolute atomic E-state index is 0.169. The Bertz CT molecular complexity index is 1880. The maximum absolute atomic E-state index is 11.0. The zero-order valence-corrected chi connectivity index (χ0v) is 34.5. The smallest absolute Gasteiger partial charge is 0.333 e. The van der Waals surface area contributed by atoms with Crippen molar-refractivity contribution in [3.63, 3.8) is 0 Å². The number of carbonyl (C=O) groups is 4. The fourth-order valence-electron chi connectivity index (χ4n) is 5.36. The fourth-order valence-corrected chi connectivity index (χ4v) is 5.36. The van der Waals surface area contributed by atoms with Crippen molar-refractivity contribution >= 4 is 23.9 Å². The van der Waals surface area contributed by atoms with Crippen molar-refractivity contribution in [3.05, 3.63) is 170 Å². The molecule has 0 saturated carbocycles. The second-order valence-electron chi connectivity index (χ2n) is 13.6. The van der Waals surface area contributed by atoms with Gasteiger partial charge in [0.25, 0.3) is 0 Å². The zero-order chi connectivity index (χ0) is 44.0. The molecule has 4 aromatic carbocycles. The zero-order valence-electron chi connectivity index (χ0n) is 34.5. The molecule has 316 valence electrons. The van der Waals surface area contributed by atoms with Crippen molar-refractivity contribution in [3.8, 4) is 23.0 Å². The fraction of sp³-hybridized carbons (Fsp3) is 0.250. The highest BCUT2D eigenvalue weighted by molar-refractivity contribution is 5.82. The van der Waals surface area contributed by atoms with Crippen LogP contribution in [0.2, 0.25) is 0 Å². The highest BCUT2D eigenvalue weighted by Gasteiger charge is 2.24. The molecule has 60 heavy (non-hydrogen) atoms. The van der Waals surface area contributed by atoms with E-state index in [2.05, 4.69) is 54.0 Å². The van der Waals surface area contributed by atoms with Crippen LogP contribution in [0.25, 0.3) is 0 Å². The molecule has 4 aromatic rings. The molecule has 0 heterocycles. The van der Waals surface area contributed by atoms with Gasteiger partial charge in [-0.25, -0.2) is 19.2 Å². The highest BCUT2D eigenvalue weighted by Crippen LogP contribution is 2.34. The van der Waals surface area contributed by atoms with Gasteiger partial charge in [-0.05, 0) is 70.8 Å². The topological polar surface area (TPSA) is 142 Å². The number of hydrogen-bond acceptors (Lipinski definition) is 12. The van der Waals surface area contributed by atoms with Gasteiger partial charge in [0.2, 0.25) is 13.6 Å². The Labute approximate surface area is 351 Å². The number of benzene rings is 4. The molecule has 0 radical (unpaired) electrons. The first-order chi connectivity index (χ1) is 28.7.